The number of hydrogen-bond acceptors (Lipinski definition) is 6. The van der Waals surface area contributed by atoms with Gasteiger partial charge in [0, 0.05) is 31.8 Å². The predicted molar refractivity (Wildman–Crippen MR) is 81.2 cm³/mol. The number of β-amino-alcohol motifs (C(OH)–C–C–N with tert-alkyl or cyclic N) is 2. The van der Waals surface area contributed by atoms with Crippen molar-refractivity contribution >= 4 is 11.6 Å². The van der Waals surface area contributed by atoms with Crippen LogP contribution in [0.4, 0.5) is 11.6 Å². The largest absolute Gasteiger partial charge is 0.389 e. The lowest BCUT2D eigenvalue weighted by atomic mass is 10.2. The van der Waals surface area contributed by atoms with Crippen molar-refractivity contribution in [2.45, 2.75) is 12.2 Å². The van der Waals surface area contributed by atoms with E-state index in [4.69, 9.17) is 0 Å². The molecule has 1 aliphatic rings. The summed E-state index contributed by atoms with van der Waals surface area (Å²) in [7, 11) is 1.80. The lowest BCUT2D eigenvalue weighted by Crippen LogP contribution is -2.22. The monoisotopic (exact) mass is 286 g/mol. The molecule has 1 saturated heterocycles. The van der Waals surface area contributed by atoms with Crippen molar-refractivity contribution < 1.29 is 10.2 Å². The molecule has 0 saturated carbocycles. The highest BCUT2D eigenvalue weighted by molar-refractivity contribution is 5.62. The van der Waals surface area contributed by atoms with Crippen LogP contribution < -0.4 is 10.2 Å². The number of aliphatic hydroxyl groups excluding tert-OH is 2. The quantitative estimate of drug-likeness (QED) is 0.771. The number of rotatable bonds is 3. The van der Waals surface area contributed by atoms with Crippen molar-refractivity contribution in [3.8, 4) is 11.4 Å². The van der Waals surface area contributed by atoms with E-state index >= 15 is 0 Å². The van der Waals surface area contributed by atoms with Crippen LogP contribution in [-0.2, 0) is 0 Å². The summed E-state index contributed by atoms with van der Waals surface area (Å²) in [4.78, 5) is 10.9. The Kier molecular flexibility index (Phi) is 3.72. The van der Waals surface area contributed by atoms with Crippen molar-refractivity contribution in [3.63, 3.8) is 0 Å². The summed E-state index contributed by atoms with van der Waals surface area (Å²) in [5, 5.41) is 22.4. The van der Waals surface area contributed by atoms with E-state index in [-0.39, 0.29) is 0 Å². The van der Waals surface area contributed by atoms with Crippen LogP contribution in [0.15, 0.2) is 36.4 Å². The van der Waals surface area contributed by atoms with Gasteiger partial charge in [-0.25, -0.2) is 9.97 Å². The van der Waals surface area contributed by atoms with Crippen LogP contribution in [0.1, 0.15) is 0 Å². The zero-order chi connectivity index (χ0) is 14.8. The van der Waals surface area contributed by atoms with E-state index < -0.39 is 12.2 Å². The summed E-state index contributed by atoms with van der Waals surface area (Å²) < 4.78 is 0. The molecule has 3 rings (SSSR count). The van der Waals surface area contributed by atoms with Gasteiger partial charge in [0.1, 0.15) is 11.6 Å². The van der Waals surface area contributed by atoms with E-state index in [2.05, 4.69) is 15.3 Å². The van der Waals surface area contributed by atoms with Crippen molar-refractivity contribution in [2.75, 3.05) is 30.4 Å². The first-order valence-corrected chi connectivity index (χ1v) is 6.90. The van der Waals surface area contributed by atoms with Crippen molar-refractivity contribution in [2.24, 2.45) is 0 Å². The van der Waals surface area contributed by atoms with Crippen molar-refractivity contribution in [1.82, 2.24) is 9.97 Å². The predicted octanol–water partition coefficient (Wildman–Crippen LogP) is 0.727. The fourth-order valence-corrected chi connectivity index (χ4v) is 2.40. The third-order valence-electron chi connectivity index (χ3n) is 3.58. The van der Waals surface area contributed by atoms with Gasteiger partial charge in [-0.15, -0.1) is 0 Å². The summed E-state index contributed by atoms with van der Waals surface area (Å²) in [5.74, 6) is 2.02. The molecular weight excluding hydrogens is 268 g/mol. The topological polar surface area (TPSA) is 81.5 Å². The number of aromatic nitrogens is 2. The molecule has 2 aromatic rings. The maximum Gasteiger partial charge on any atom is 0.163 e. The summed E-state index contributed by atoms with van der Waals surface area (Å²) in [6.45, 7) is 0.741. The molecule has 2 heterocycles. The van der Waals surface area contributed by atoms with Crippen LogP contribution in [0.2, 0.25) is 0 Å². The SMILES string of the molecule is CNc1cc(N2CC(O)C(O)C2)nc(-c2ccccc2)n1. The van der Waals surface area contributed by atoms with Crippen LogP contribution in [0.5, 0.6) is 0 Å². The molecule has 6 heteroatoms. The maximum absolute atomic E-state index is 9.69. The Hall–Kier alpha value is -2.18. The second-order valence-electron chi connectivity index (χ2n) is 5.09. The Morgan fingerprint density at radius 3 is 2.38 bits per heavy atom. The molecule has 0 spiro atoms. The van der Waals surface area contributed by atoms with Gasteiger partial charge in [-0.1, -0.05) is 30.3 Å². The van der Waals surface area contributed by atoms with E-state index in [0.717, 1.165) is 5.56 Å². The highest BCUT2D eigenvalue weighted by Gasteiger charge is 2.30. The summed E-state index contributed by atoms with van der Waals surface area (Å²) in [6, 6.07) is 11.5. The highest BCUT2D eigenvalue weighted by atomic mass is 16.3. The van der Waals surface area contributed by atoms with Gasteiger partial charge in [-0.05, 0) is 0 Å². The Balaban J connectivity index is 1.98. The minimum Gasteiger partial charge on any atom is -0.389 e. The third kappa shape index (κ3) is 2.81. The van der Waals surface area contributed by atoms with E-state index in [1.165, 1.54) is 0 Å². The van der Waals surface area contributed by atoms with Gasteiger partial charge in [0.2, 0.25) is 0 Å². The molecule has 1 aromatic carbocycles. The van der Waals surface area contributed by atoms with Crippen LogP contribution in [0.3, 0.4) is 0 Å². The first kappa shape index (κ1) is 13.8. The molecule has 2 unspecified atom stereocenters. The zero-order valence-electron chi connectivity index (χ0n) is 11.8. The molecule has 0 amide bonds. The highest BCUT2D eigenvalue weighted by Crippen LogP contribution is 2.25. The first-order valence-electron chi connectivity index (χ1n) is 6.90. The fraction of sp³-hybridized carbons (Fsp3) is 0.333. The van der Waals surface area contributed by atoms with Gasteiger partial charge in [-0.2, -0.15) is 0 Å². The minimum absolute atomic E-state index is 0.371. The average Bonchev–Trinajstić information content (AvgIpc) is 2.87. The Bertz CT molecular complexity index is 610. The number of anilines is 2. The average molecular weight is 286 g/mol. The van der Waals surface area contributed by atoms with Crippen molar-refractivity contribution in [3.05, 3.63) is 36.4 Å². The third-order valence-corrected chi connectivity index (χ3v) is 3.58. The van der Waals surface area contributed by atoms with Crippen molar-refractivity contribution in [1.29, 1.82) is 0 Å². The number of hydrogen-bond donors (Lipinski definition) is 3. The van der Waals surface area contributed by atoms with E-state index in [1.54, 1.807) is 7.05 Å². The Morgan fingerprint density at radius 1 is 1.10 bits per heavy atom. The van der Waals surface area contributed by atoms with E-state index in [0.29, 0.717) is 30.5 Å². The minimum atomic E-state index is -0.738. The van der Waals surface area contributed by atoms with Gasteiger partial charge in [0.25, 0.3) is 0 Å². The number of benzene rings is 1. The van der Waals surface area contributed by atoms with Gasteiger partial charge in [-0.3, -0.25) is 0 Å². The smallest absolute Gasteiger partial charge is 0.163 e. The Morgan fingerprint density at radius 2 is 1.76 bits per heavy atom. The van der Waals surface area contributed by atoms with Gasteiger partial charge >= 0.3 is 0 Å². The number of nitrogens with zero attached hydrogens (tertiary/aromatic N) is 3. The molecule has 1 fully saturated rings. The molecule has 0 aliphatic carbocycles. The van der Waals surface area contributed by atoms with E-state index in [9.17, 15) is 10.2 Å². The molecule has 0 bridgehead atoms. The first-order chi connectivity index (χ1) is 10.2. The lowest BCUT2D eigenvalue weighted by Gasteiger charge is -2.18. The lowest BCUT2D eigenvalue weighted by molar-refractivity contribution is 0.0572. The van der Waals surface area contributed by atoms with E-state index in [1.807, 2.05) is 41.3 Å². The van der Waals surface area contributed by atoms with Gasteiger partial charge in [0.15, 0.2) is 5.82 Å². The molecule has 110 valence electrons. The maximum atomic E-state index is 9.69. The number of aliphatic hydroxyl groups is 2. The molecule has 6 nitrogen and oxygen atoms in total. The van der Waals surface area contributed by atoms with Crippen LogP contribution in [0.25, 0.3) is 11.4 Å². The zero-order valence-corrected chi connectivity index (χ0v) is 11.8. The normalized spacial score (nSPS) is 21.6. The molecule has 1 aromatic heterocycles. The van der Waals surface area contributed by atoms with Crippen LogP contribution >= 0.6 is 0 Å². The molecule has 21 heavy (non-hydrogen) atoms. The summed E-state index contributed by atoms with van der Waals surface area (Å²) in [6.07, 6.45) is -1.48. The number of nitrogens with one attached hydrogen (secondary N) is 1. The summed E-state index contributed by atoms with van der Waals surface area (Å²) >= 11 is 0. The van der Waals surface area contributed by atoms with Gasteiger partial charge < -0.3 is 20.4 Å². The second kappa shape index (κ2) is 5.67. The molecular formula is C15H18N4O2. The fourth-order valence-electron chi connectivity index (χ4n) is 2.40. The van der Waals surface area contributed by atoms with Crippen LogP contribution in [0, 0.1) is 0 Å². The summed E-state index contributed by atoms with van der Waals surface area (Å²) in [5.41, 5.74) is 0.927. The molecule has 3 N–H and O–H groups in total. The second-order valence-corrected chi connectivity index (χ2v) is 5.09. The molecule has 1 aliphatic heterocycles. The standard InChI is InChI=1S/C15H18N4O2/c1-16-13-7-14(19-8-11(20)12(21)9-19)18-15(17-13)10-5-3-2-4-6-10/h2-7,11-12,20-21H,8-9H2,1H3,(H,16,17,18). The molecule has 0 radical (unpaired) electrons. The Labute approximate surface area is 123 Å². The molecule has 2 atom stereocenters. The van der Waals surface area contributed by atoms with Crippen LogP contribution in [-0.4, -0.2) is 52.5 Å². The van der Waals surface area contributed by atoms with Gasteiger partial charge in [0.05, 0.1) is 12.2 Å².